The Labute approximate surface area is 121 Å². The summed E-state index contributed by atoms with van der Waals surface area (Å²) in [4.78, 5) is 0. The van der Waals surface area contributed by atoms with Crippen molar-refractivity contribution in [2.45, 2.75) is 26.3 Å². The normalized spacial score (nSPS) is 17.2. The summed E-state index contributed by atoms with van der Waals surface area (Å²) in [6.45, 7) is 4.04. The molecule has 1 atom stereocenters. The van der Waals surface area contributed by atoms with Crippen molar-refractivity contribution < 1.29 is 4.39 Å². The number of benzene rings is 2. The summed E-state index contributed by atoms with van der Waals surface area (Å²) in [5.74, 6) is -0.145. The minimum Gasteiger partial charge on any atom is -0.378 e. The van der Waals surface area contributed by atoms with E-state index in [-0.39, 0.29) is 11.9 Å². The van der Waals surface area contributed by atoms with Crippen LogP contribution in [-0.2, 0) is 6.42 Å². The van der Waals surface area contributed by atoms with Gasteiger partial charge in [-0.3, -0.25) is 0 Å². The van der Waals surface area contributed by atoms with E-state index in [1.54, 1.807) is 0 Å². The maximum Gasteiger partial charge on any atom is 0.129 e. The Balaban J connectivity index is 1.99. The molecule has 19 heavy (non-hydrogen) atoms. The molecule has 0 saturated carbocycles. The average molecular weight is 320 g/mol. The predicted octanol–water partition coefficient (Wildman–Crippen LogP) is 4.91. The quantitative estimate of drug-likeness (QED) is 0.787. The van der Waals surface area contributed by atoms with Gasteiger partial charge in [0.05, 0.1) is 6.04 Å². The van der Waals surface area contributed by atoms with Gasteiger partial charge in [-0.05, 0) is 49.6 Å². The van der Waals surface area contributed by atoms with Gasteiger partial charge >= 0.3 is 0 Å². The lowest BCUT2D eigenvalue weighted by atomic mass is 9.97. The molecule has 2 aromatic carbocycles. The molecule has 0 amide bonds. The third-order valence-electron chi connectivity index (χ3n) is 3.66. The Hall–Kier alpha value is -1.35. The van der Waals surface area contributed by atoms with E-state index in [0.717, 1.165) is 27.7 Å². The molecule has 0 spiro atoms. The first kappa shape index (κ1) is 12.7. The van der Waals surface area contributed by atoms with Crippen molar-refractivity contribution in [1.82, 2.24) is 0 Å². The fourth-order valence-electron chi connectivity index (χ4n) is 2.82. The van der Waals surface area contributed by atoms with Crippen molar-refractivity contribution in [3.63, 3.8) is 0 Å². The van der Waals surface area contributed by atoms with Crippen molar-refractivity contribution in [3.05, 3.63) is 62.9 Å². The van der Waals surface area contributed by atoms with E-state index in [1.165, 1.54) is 17.2 Å². The van der Waals surface area contributed by atoms with E-state index in [9.17, 15) is 4.39 Å². The van der Waals surface area contributed by atoms with Gasteiger partial charge in [0, 0.05) is 15.7 Å². The monoisotopic (exact) mass is 319 g/mol. The second kappa shape index (κ2) is 4.64. The molecule has 1 N–H and O–H groups in total. The molecule has 0 fully saturated rings. The molecule has 1 aliphatic rings. The summed E-state index contributed by atoms with van der Waals surface area (Å²) in [5, 5.41) is 3.42. The van der Waals surface area contributed by atoms with Crippen molar-refractivity contribution >= 4 is 21.6 Å². The molecule has 3 heteroatoms. The number of hydrogen-bond acceptors (Lipinski definition) is 1. The predicted molar refractivity (Wildman–Crippen MR) is 80.1 cm³/mol. The zero-order valence-corrected chi connectivity index (χ0v) is 12.5. The highest BCUT2D eigenvalue weighted by molar-refractivity contribution is 9.10. The Morgan fingerprint density at radius 1 is 1.21 bits per heavy atom. The SMILES string of the molecule is Cc1ccc2c(c1)CC(c1c(C)cc(Br)cc1F)N2. The fourth-order valence-corrected chi connectivity index (χ4v) is 3.36. The van der Waals surface area contributed by atoms with Gasteiger partial charge in [-0.1, -0.05) is 33.6 Å². The molecular formula is C16H15BrFN. The first-order valence-electron chi connectivity index (χ1n) is 6.36. The van der Waals surface area contributed by atoms with Crippen molar-refractivity contribution in [3.8, 4) is 0 Å². The van der Waals surface area contributed by atoms with E-state index >= 15 is 0 Å². The topological polar surface area (TPSA) is 12.0 Å². The van der Waals surface area contributed by atoms with Crippen LogP contribution in [0.5, 0.6) is 0 Å². The lowest BCUT2D eigenvalue weighted by molar-refractivity contribution is 0.592. The van der Waals surface area contributed by atoms with Crippen LogP contribution in [0, 0.1) is 19.7 Å². The highest BCUT2D eigenvalue weighted by atomic mass is 79.9. The Kier molecular flexibility index (Phi) is 3.09. The number of hydrogen-bond donors (Lipinski definition) is 1. The number of fused-ring (bicyclic) bond motifs is 1. The van der Waals surface area contributed by atoms with Gasteiger partial charge in [-0.2, -0.15) is 0 Å². The van der Waals surface area contributed by atoms with Crippen LogP contribution in [0.1, 0.15) is 28.3 Å². The number of aryl methyl sites for hydroxylation is 2. The molecule has 0 saturated heterocycles. The largest absolute Gasteiger partial charge is 0.378 e. The molecule has 98 valence electrons. The number of anilines is 1. The fraction of sp³-hybridized carbons (Fsp3) is 0.250. The minimum atomic E-state index is -0.145. The number of rotatable bonds is 1. The Morgan fingerprint density at radius 2 is 2.00 bits per heavy atom. The molecule has 1 aliphatic heterocycles. The van der Waals surface area contributed by atoms with Gasteiger partial charge < -0.3 is 5.32 Å². The third kappa shape index (κ3) is 2.27. The Morgan fingerprint density at radius 3 is 2.74 bits per heavy atom. The third-order valence-corrected chi connectivity index (χ3v) is 4.12. The summed E-state index contributed by atoms with van der Waals surface area (Å²) in [7, 11) is 0. The molecular weight excluding hydrogens is 305 g/mol. The van der Waals surface area contributed by atoms with Gasteiger partial charge in [0.25, 0.3) is 0 Å². The summed E-state index contributed by atoms with van der Waals surface area (Å²) in [6, 6.07) is 9.88. The summed E-state index contributed by atoms with van der Waals surface area (Å²) >= 11 is 3.33. The van der Waals surface area contributed by atoms with Crippen LogP contribution in [-0.4, -0.2) is 0 Å². The molecule has 1 heterocycles. The first-order chi connectivity index (χ1) is 9.04. The average Bonchev–Trinajstić information content (AvgIpc) is 2.69. The van der Waals surface area contributed by atoms with Gasteiger partial charge in [-0.25, -0.2) is 4.39 Å². The lowest BCUT2D eigenvalue weighted by Gasteiger charge is -2.16. The second-order valence-corrected chi connectivity index (χ2v) is 6.10. The number of halogens is 2. The van der Waals surface area contributed by atoms with E-state index in [1.807, 2.05) is 13.0 Å². The van der Waals surface area contributed by atoms with Gasteiger partial charge in [0.15, 0.2) is 0 Å². The van der Waals surface area contributed by atoms with Crippen LogP contribution in [0.2, 0.25) is 0 Å². The molecule has 0 aliphatic carbocycles. The molecule has 0 aromatic heterocycles. The maximum atomic E-state index is 14.2. The van der Waals surface area contributed by atoms with Crippen LogP contribution in [0.15, 0.2) is 34.8 Å². The van der Waals surface area contributed by atoms with Crippen molar-refractivity contribution in [2.75, 3.05) is 5.32 Å². The van der Waals surface area contributed by atoms with Crippen LogP contribution >= 0.6 is 15.9 Å². The van der Waals surface area contributed by atoms with E-state index in [0.29, 0.717) is 0 Å². The highest BCUT2D eigenvalue weighted by Crippen LogP contribution is 2.37. The first-order valence-corrected chi connectivity index (χ1v) is 7.15. The van der Waals surface area contributed by atoms with Gasteiger partial charge in [0.1, 0.15) is 5.82 Å². The minimum absolute atomic E-state index is 0.0323. The second-order valence-electron chi connectivity index (χ2n) is 5.18. The molecule has 0 radical (unpaired) electrons. The van der Waals surface area contributed by atoms with Crippen molar-refractivity contribution in [2.24, 2.45) is 0 Å². The maximum absolute atomic E-state index is 14.2. The summed E-state index contributed by atoms with van der Waals surface area (Å²) < 4.78 is 15.0. The zero-order chi connectivity index (χ0) is 13.6. The lowest BCUT2D eigenvalue weighted by Crippen LogP contribution is -2.10. The van der Waals surface area contributed by atoms with Crippen LogP contribution in [0.4, 0.5) is 10.1 Å². The van der Waals surface area contributed by atoms with Crippen LogP contribution < -0.4 is 5.32 Å². The van der Waals surface area contributed by atoms with E-state index in [2.05, 4.69) is 46.4 Å². The molecule has 2 aromatic rings. The van der Waals surface area contributed by atoms with E-state index in [4.69, 9.17) is 0 Å². The van der Waals surface area contributed by atoms with Crippen LogP contribution in [0.3, 0.4) is 0 Å². The summed E-state index contributed by atoms with van der Waals surface area (Å²) in [6.07, 6.45) is 0.844. The standard InChI is InChI=1S/C16H15BrFN/c1-9-3-4-14-11(5-9)7-15(19-14)16-10(2)6-12(17)8-13(16)18/h3-6,8,15,19H,7H2,1-2H3. The molecule has 1 unspecified atom stereocenters. The molecule has 0 bridgehead atoms. The summed E-state index contributed by atoms with van der Waals surface area (Å²) in [5.41, 5.74) is 5.39. The highest BCUT2D eigenvalue weighted by Gasteiger charge is 2.25. The number of nitrogens with one attached hydrogen (secondary N) is 1. The molecule has 3 rings (SSSR count). The zero-order valence-electron chi connectivity index (χ0n) is 10.9. The van der Waals surface area contributed by atoms with E-state index < -0.39 is 0 Å². The van der Waals surface area contributed by atoms with Crippen LogP contribution in [0.25, 0.3) is 0 Å². The Bertz CT molecular complexity index is 628. The van der Waals surface area contributed by atoms with Gasteiger partial charge in [-0.15, -0.1) is 0 Å². The van der Waals surface area contributed by atoms with Crippen molar-refractivity contribution in [1.29, 1.82) is 0 Å². The van der Waals surface area contributed by atoms with Gasteiger partial charge in [0.2, 0.25) is 0 Å². The smallest absolute Gasteiger partial charge is 0.129 e. The molecule has 1 nitrogen and oxygen atoms in total.